The van der Waals surface area contributed by atoms with Crippen molar-refractivity contribution in [1.82, 2.24) is 14.9 Å². The lowest BCUT2D eigenvalue weighted by molar-refractivity contribution is -0.134. The van der Waals surface area contributed by atoms with Gasteiger partial charge in [0.2, 0.25) is 11.9 Å². The molecule has 0 radical (unpaired) electrons. The highest BCUT2D eigenvalue weighted by Crippen LogP contribution is 2.39. The highest BCUT2D eigenvalue weighted by atomic mass is 16.5. The van der Waals surface area contributed by atoms with Crippen molar-refractivity contribution in [3.63, 3.8) is 0 Å². The molecule has 1 aromatic heterocycles. The van der Waals surface area contributed by atoms with E-state index in [9.17, 15) is 4.79 Å². The SMILES string of the molecule is COCC(=O)N1CCC2(COCc3cnc(NCC4CC4)nc32)C1. The van der Waals surface area contributed by atoms with Gasteiger partial charge in [-0.1, -0.05) is 0 Å². The molecule has 1 saturated heterocycles. The molecule has 130 valence electrons. The molecular weight excluding hydrogens is 308 g/mol. The number of fused-ring (bicyclic) bond motifs is 2. The van der Waals surface area contributed by atoms with Crippen LogP contribution in [0.15, 0.2) is 6.20 Å². The van der Waals surface area contributed by atoms with Gasteiger partial charge in [0.05, 0.1) is 24.3 Å². The standard InChI is InChI=1S/C17H24N4O3/c1-23-9-14(22)21-5-4-17(10-21)11-24-8-13-7-19-16(20-15(13)17)18-6-12-2-3-12/h7,12H,2-6,8-11H2,1H3,(H,18,19,20). The van der Waals surface area contributed by atoms with Crippen LogP contribution in [0.4, 0.5) is 5.95 Å². The van der Waals surface area contributed by atoms with E-state index in [2.05, 4.69) is 10.3 Å². The molecule has 1 saturated carbocycles. The Morgan fingerprint density at radius 3 is 3.21 bits per heavy atom. The molecule has 7 heteroatoms. The summed E-state index contributed by atoms with van der Waals surface area (Å²) in [4.78, 5) is 23.3. The Bertz CT molecular complexity index is 634. The Labute approximate surface area is 141 Å². The quantitative estimate of drug-likeness (QED) is 0.865. The zero-order valence-electron chi connectivity index (χ0n) is 14.1. The van der Waals surface area contributed by atoms with Crippen LogP contribution in [0.25, 0.3) is 0 Å². The summed E-state index contributed by atoms with van der Waals surface area (Å²) in [6, 6.07) is 0. The maximum absolute atomic E-state index is 12.1. The van der Waals surface area contributed by atoms with Gasteiger partial charge in [-0.05, 0) is 25.2 Å². The second kappa shape index (κ2) is 6.29. The van der Waals surface area contributed by atoms with E-state index >= 15 is 0 Å². The van der Waals surface area contributed by atoms with Crippen molar-refractivity contribution < 1.29 is 14.3 Å². The minimum absolute atomic E-state index is 0.0302. The lowest BCUT2D eigenvalue weighted by Crippen LogP contribution is -2.42. The molecule has 0 aromatic carbocycles. The normalized spacial score (nSPS) is 25.8. The number of methoxy groups -OCH3 is 1. The van der Waals surface area contributed by atoms with E-state index in [1.54, 1.807) is 7.11 Å². The zero-order chi connectivity index (χ0) is 16.6. The van der Waals surface area contributed by atoms with Crippen molar-refractivity contribution in [2.45, 2.75) is 31.3 Å². The van der Waals surface area contributed by atoms with Crippen LogP contribution in [0, 0.1) is 5.92 Å². The molecule has 3 heterocycles. The molecule has 3 aliphatic rings. The average molecular weight is 332 g/mol. The molecule has 1 N–H and O–H groups in total. The molecule has 1 unspecified atom stereocenters. The topological polar surface area (TPSA) is 76.6 Å². The van der Waals surface area contributed by atoms with Crippen molar-refractivity contribution in [1.29, 1.82) is 0 Å². The molecular formula is C17H24N4O3. The van der Waals surface area contributed by atoms with Crippen LogP contribution in [-0.4, -0.2) is 60.7 Å². The summed E-state index contributed by atoms with van der Waals surface area (Å²) in [5.41, 5.74) is 1.88. The lowest BCUT2D eigenvalue weighted by Gasteiger charge is -2.34. The van der Waals surface area contributed by atoms with Crippen LogP contribution < -0.4 is 5.32 Å². The second-order valence-corrected chi connectivity index (χ2v) is 7.16. The van der Waals surface area contributed by atoms with Crippen molar-refractivity contribution in [3.05, 3.63) is 17.5 Å². The average Bonchev–Trinajstić information content (AvgIpc) is 3.33. The Morgan fingerprint density at radius 2 is 2.42 bits per heavy atom. The number of rotatable bonds is 5. The number of amides is 1. The number of hydrogen-bond acceptors (Lipinski definition) is 6. The fourth-order valence-corrected chi connectivity index (χ4v) is 3.65. The maximum Gasteiger partial charge on any atom is 0.248 e. The number of nitrogens with zero attached hydrogens (tertiary/aromatic N) is 3. The first-order chi connectivity index (χ1) is 11.7. The molecule has 1 atom stereocenters. The second-order valence-electron chi connectivity index (χ2n) is 7.16. The lowest BCUT2D eigenvalue weighted by atomic mass is 9.80. The molecule has 1 aromatic rings. The first-order valence-corrected chi connectivity index (χ1v) is 8.65. The Kier molecular flexibility index (Phi) is 4.14. The Hall–Kier alpha value is -1.73. The molecule has 7 nitrogen and oxygen atoms in total. The number of ether oxygens (including phenoxy) is 2. The fourth-order valence-electron chi connectivity index (χ4n) is 3.65. The number of carbonyl (C=O) groups is 1. The number of carbonyl (C=O) groups excluding carboxylic acids is 1. The molecule has 2 aliphatic heterocycles. The van der Waals surface area contributed by atoms with Crippen LogP contribution in [0.5, 0.6) is 0 Å². The van der Waals surface area contributed by atoms with Crippen LogP contribution in [0.1, 0.15) is 30.5 Å². The van der Waals surface area contributed by atoms with Gasteiger partial charge >= 0.3 is 0 Å². The monoisotopic (exact) mass is 332 g/mol. The van der Waals surface area contributed by atoms with E-state index < -0.39 is 0 Å². The van der Waals surface area contributed by atoms with E-state index in [-0.39, 0.29) is 17.9 Å². The number of likely N-dealkylation sites (tertiary alicyclic amines) is 1. The number of hydrogen-bond donors (Lipinski definition) is 1. The van der Waals surface area contributed by atoms with Crippen LogP contribution in [0.3, 0.4) is 0 Å². The van der Waals surface area contributed by atoms with Gasteiger partial charge in [0.25, 0.3) is 0 Å². The van der Waals surface area contributed by atoms with Gasteiger partial charge in [0.15, 0.2) is 0 Å². The smallest absolute Gasteiger partial charge is 0.248 e. The predicted octanol–water partition coefficient (Wildman–Crippen LogP) is 0.945. The molecule has 0 bridgehead atoms. The van der Waals surface area contributed by atoms with Gasteiger partial charge in [-0.25, -0.2) is 9.97 Å². The minimum atomic E-state index is -0.212. The molecule has 2 fully saturated rings. The third-order valence-electron chi connectivity index (χ3n) is 5.22. The van der Waals surface area contributed by atoms with E-state index in [1.807, 2.05) is 11.1 Å². The highest BCUT2D eigenvalue weighted by Gasteiger charge is 2.46. The number of anilines is 1. The van der Waals surface area contributed by atoms with Crippen molar-refractivity contribution in [2.24, 2.45) is 5.92 Å². The summed E-state index contributed by atoms with van der Waals surface area (Å²) in [7, 11) is 1.55. The molecule has 4 rings (SSSR count). The Morgan fingerprint density at radius 1 is 1.54 bits per heavy atom. The van der Waals surface area contributed by atoms with Gasteiger partial charge < -0.3 is 19.7 Å². The molecule has 24 heavy (non-hydrogen) atoms. The van der Waals surface area contributed by atoms with Gasteiger partial charge in [-0.3, -0.25) is 4.79 Å². The van der Waals surface area contributed by atoms with E-state index in [0.29, 0.717) is 25.7 Å². The fraction of sp³-hybridized carbons (Fsp3) is 0.706. The highest BCUT2D eigenvalue weighted by molar-refractivity contribution is 5.78. The summed E-state index contributed by atoms with van der Waals surface area (Å²) >= 11 is 0. The van der Waals surface area contributed by atoms with Crippen molar-refractivity contribution in [3.8, 4) is 0 Å². The summed E-state index contributed by atoms with van der Waals surface area (Å²) in [6.07, 6.45) is 5.34. The molecule has 1 amide bonds. The van der Waals surface area contributed by atoms with Crippen molar-refractivity contribution in [2.75, 3.05) is 45.3 Å². The van der Waals surface area contributed by atoms with E-state index in [1.165, 1.54) is 12.8 Å². The maximum atomic E-state index is 12.1. The van der Waals surface area contributed by atoms with Gasteiger partial charge in [-0.15, -0.1) is 0 Å². The number of nitrogens with one attached hydrogen (secondary N) is 1. The third kappa shape index (κ3) is 2.98. The van der Waals surface area contributed by atoms with Gasteiger partial charge in [0.1, 0.15) is 6.61 Å². The minimum Gasteiger partial charge on any atom is -0.376 e. The summed E-state index contributed by atoms with van der Waals surface area (Å²) in [6.45, 7) is 3.59. The van der Waals surface area contributed by atoms with Gasteiger partial charge in [0, 0.05) is 38.5 Å². The van der Waals surface area contributed by atoms with Crippen LogP contribution in [0.2, 0.25) is 0 Å². The summed E-state index contributed by atoms with van der Waals surface area (Å²) in [5, 5.41) is 3.35. The molecule has 1 spiro atoms. The van der Waals surface area contributed by atoms with Crippen LogP contribution >= 0.6 is 0 Å². The predicted molar refractivity (Wildman–Crippen MR) is 87.7 cm³/mol. The summed E-state index contributed by atoms with van der Waals surface area (Å²) < 4.78 is 10.8. The molecule has 1 aliphatic carbocycles. The first-order valence-electron chi connectivity index (χ1n) is 8.65. The Balaban J connectivity index is 1.55. The van der Waals surface area contributed by atoms with E-state index in [4.69, 9.17) is 14.5 Å². The zero-order valence-corrected chi connectivity index (χ0v) is 14.1. The number of aromatic nitrogens is 2. The third-order valence-corrected chi connectivity index (χ3v) is 5.22. The van der Waals surface area contributed by atoms with Crippen molar-refractivity contribution >= 4 is 11.9 Å². The van der Waals surface area contributed by atoms with Gasteiger partial charge in [-0.2, -0.15) is 0 Å². The van der Waals surface area contributed by atoms with Crippen LogP contribution in [-0.2, 0) is 26.3 Å². The summed E-state index contributed by atoms with van der Waals surface area (Å²) in [5.74, 6) is 1.50. The van der Waals surface area contributed by atoms with E-state index in [0.717, 1.165) is 36.7 Å². The largest absolute Gasteiger partial charge is 0.376 e. The first kappa shape index (κ1) is 15.8.